The summed E-state index contributed by atoms with van der Waals surface area (Å²) in [6.45, 7) is 6.32. The maximum absolute atomic E-state index is 12.1. The summed E-state index contributed by atoms with van der Waals surface area (Å²) in [4.78, 5) is 23.9. The lowest BCUT2D eigenvalue weighted by atomic mass is 9.79. The van der Waals surface area contributed by atoms with Crippen LogP contribution in [0.3, 0.4) is 0 Å². The number of carbonyl (C=O) groups is 2. The minimum Gasteiger partial charge on any atom is -0.396 e. The lowest BCUT2D eigenvalue weighted by Crippen LogP contribution is -2.37. The number of thiophene rings is 1. The maximum atomic E-state index is 12.1. The van der Waals surface area contributed by atoms with Crippen LogP contribution in [-0.2, 0) is 0 Å². The molecule has 0 aromatic carbocycles. The van der Waals surface area contributed by atoms with E-state index in [-0.39, 0.29) is 23.7 Å². The molecule has 0 unspecified atom stereocenters. The molecule has 112 valence electrons. The number of Topliss-reactive ketones (excluding diaryl/α,β-unsaturated/α-hetero) is 1. The molecule has 20 heavy (non-hydrogen) atoms. The molecule has 2 N–H and O–H groups in total. The molecule has 0 spiro atoms. The molecular formula is C15H23NO3S. The first-order valence-electron chi connectivity index (χ1n) is 6.96. The Bertz CT molecular complexity index is 463. The molecule has 5 heteroatoms. The molecule has 0 bridgehead atoms. The fourth-order valence-electron chi connectivity index (χ4n) is 2.17. The Hall–Kier alpha value is -1.20. The van der Waals surface area contributed by atoms with Crippen molar-refractivity contribution >= 4 is 23.0 Å². The third-order valence-electron chi connectivity index (χ3n) is 4.00. The highest BCUT2D eigenvalue weighted by Gasteiger charge is 2.26. The minimum absolute atomic E-state index is 0.0305. The smallest absolute Gasteiger partial charge is 0.261 e. The van der Waals surface area contributed by atoms with Crippen molar-refractivity contribution < 1.29 is 14.7 Å². The third-order valence-corrected chi connectivity index (χ3v) is 4.92. The van der Waals surface area contributed by atoms with Gasteiger partial charge in [-0.3, -0.25) is 9.59 Å². The lowest BCUT2D eigenvalue weighted by molar-refractivity contribution is 0.0911. The van der Waals surface area contributed by atoms with Gasteiger partial charge in [-0.25, -0.2) is 0 Å². The van der Waals surface area contributed by atoms with Gasteiger partial charge in [-0.1, -0.05) is 13.8 Å². The van der Waals surface area contributed by atoms with Gasteiger partial charge >= 0.3 is 0 Å². The van der Waals surface area contributed by atoms with Crippen molar-refractivity contribution in [3.8, 4) is 0 Å². The van der Waals surface area contributed by atoms with Crippen LogP contribution < -0.4 is 5.32 Å². The van der Waals surface area contributed by atoms with Gasteiger partial charge in [0.15, 0.2) is 5.78 Å². The van der Waals surface area contributed by atoms with Crippen molar-refractivity contribution in [2.75, 3.05) is 13.2 Å². The van der Waals surface area contributed by atoms with Crippen molar-refractivity contribution in [2.24, 2.45) is 5.41 Å². The van der Waals surface area contributed by atoms with Crippen LogP contribution in [0.1, 0.15) is 60.1 Å². The monoisotopic (exact) mass is 297 g/mol. The van der Waals surface area contributed by atoms with Crippen molar-refractivity contribution in [1.82, 2.24) is 5.32 Å². The van der Waals surface area contributed by atoms with Crippen LogP contribution in [0.25, 0.3) is 0 Å². The van der Waals surface area contributed by atoms with E-state index < -0.39 is 0 Å². The van der Waals surface area contributed by atoms with E-state index in [1.54, 1.807) is 11.4 Å². The molecule has 0 aliphatic carbocycles. The third kappa shape index (κ3) is 4.15. The topological polar surface area (TPSA) is 66.4 Å². The summed E-state index contributed by atoms with van der Waals surface area (Å²) >= 11 is 1.28. The van der Waals surface area contributed by atoms with Crippen LogP contribution in [0.15, 0.2) is 11.4 Å². The quantitative estimate of drug-likeness (QED) is 0.725. The van der Waals surface area contributed by atoms with Crippen molar-refractivity contribution in [3.05, 3.63) is 21.9 Å². The fourth-order valence-corrected chi connectivity index (χ4v) is 3.04. The fraction of sp³-hybridized carbons (Fsp3) is 0.600. The molecule has 1 aromatic rings. The van der Waals surface area contributed by atoms with Gasteiger partial charge in [0, 0.05) is 24.1 Å². The van der Waals surface area contributed by atoms with E-state index in [1.165, 1.54) is 18.3 Å². The second-order valence-corrected chi connectivity index (χ2v) is 6.03. The number of hydrogen-bond donors (Lipinski definition) is 2. The molecule has 1 aromatic heterocycles. The van der Waals surface area contributed by atoms with Gasteiger partial charge < -0.3 is 10.4 Å². The van der Waals surface area contributed by atoms with Gasteiger partial charge in [0.25, 0.3) is 5.91 Å². The van der Waals surface area contributed by atoms with E-state index in [1.807, 2.05) is 0 Å². The SMILES string of the molecule is CCC(CC)(CCO)CNC(=O)c1cc(C(C)=O)cs1. The Labute approximate surface area is 124 Å². The molecule has 1 rings (SSSR count). The van der Waals surface area contributed by atoms with Crippen LogP contribution >= 0.6 is 11.3 Å². The molecule has 0 saturated carbocycles. The zero-order valence-corrected chi connectivity index (χ0v) is 13.2. The number of amides is 1. The highest BCUT2D eigenvalue weighted by Crippen LogP contribution is 2.29. The predicted octanol–water partition coefficient (Wildman–Crippen LogP) is 2.87. The van der Waals surface area contributed by atoms with Gasteiger partial charge in [0.1, 0.15) is 0 Å². The van der Waals surface area contributed by atoms with Crippen LogP contribution in [-0.4, -0.2) is 29.9 Å². The van der Waals surface area contributed by atoms with Crippen LogP contribution in [0, 0.1) is 5.41 Å². The van der Waals surface area contributed by atoms with E-state index >= 15 is 0 Å². The Balaban J connectivity index is 2.67. The normalized spacial score (nSPS) is 11.4. The van der Waals surface area contributed by atoms with Crippen LogP contribution in [0.2, 0.25) is 0 Å². The van der Waals surface area contributed by atoms with Gasteiger partial charge in [0.2, 0.25) is 0 Å². The number of aliphatic hydroxyl groups is 1. The summed E-state index contributed by atoms with van der Waals surface area (Å²) in [5.74, 6) is -0.177. The first kappa shape index (κ1) is 16.9. The minimum atomic E-state index is -0.147. The molecule has 0 atom stereocenters. The number of aliphatic hydroxyl groups excluding tert-OH is 1. The summed E-state index contributed by atoms with van der Waals surface area (Å²) in [6.07, 6.45) is 2.50. The Morgan fingerprint density at radius 3 is 2.45 bits per heavy atom. The van der Waals surface area contributed by atoms with E-state index in [0.29, 0.717) is 23.4 Å². The summed E-state index contributed by atoms with van der Waals surface area (Å²) in [5.41, 5.74) is 0.526. The Morgan fingerprint density at radius 2 is 2.00 bits per heavy atom. The molecule has 4 nitrogen and oxygen atoms in total. The largest absolute Gasteiger partial charge is 0.396 e. The first-order chi connectivity index (χ1) is 9.48. The van der Waals surface area contributed by atoms with Crippen molar-refractivity contribution in [3.63, 3.8) is 0 Å². The second-order valence-electron chi connectivity index (χ2n) is 5.12. The zero-order chi connectivity index (χ0) is 15.2. The van der Waals surface area contributed by atoms with Crippen molar-refractivity contribution in [2.45, 2.75) is 40.0 Å². The standard InChI is InChI=1S/C15H23NO3S/c1-4-15(5-2,6-7-17)10-16-14(19)13-8-12(9-20-13)11(3)18/h8-9,17H,4-7,10H2,1-3H3,(H,16,19). The average Bonchev–Trinajstić information content (AvgIpc) is 2.93. The molecule has 0 aliphatic rings. The average molecular weight is 297 g/mol. The number of carbonyl (C=O) groups excluding carboxylic acids is 2. The summed E-state index contributed by atoms with van der Waals surface area (Å²) in [7, 11) is 0. The summed E-state index contributed by atoms with van der Waals surface area (Å²) in [6, 6.07) is 1.63. The second kappa shape index (κ2) is 7.55. The molecule has 1 heterocycles. The summed E-state index contributed by atoms with van der Waals surface area (Å²) in [5, 5.41) is 13.8. The van der Waals surface area contributed by atoms with E-state index in [4.69, 9.17) is 5.11 Å². The zero-order valence-electron chi connectivity index (χ0n) is 12.4. The van der Waals surface area contributed by atoms with Gasteiger partial charge in [-0.05, 0) is 37.7 Å². The van der Waals surface area contributed by atoms with Gasteiger partial charge in [-0.15, -0.1) is 11.3 Å². The first-order valence-corrected chi connectivity index (χ1v) is 7.84. The molecule has 0 radical (unpaired) electrons. The maximum Gasteiger partial charge on any atom is 0.261 e. The number of nitrogens with one attached hydrogen (secondary N) is 1. The molecular weight excluding hydrogens is 274 g/mol. The van der Waals surface area contributed by atoms with Crippen LogP contribution in [0.5, 0.6) is 0 Å². The predicted molar refractivity (Wildman–Crippen MR) is 81.4 cm³/mol. The highest BCUT2D eigenvalue weighted by atomic mass is 32.1. The Morgan fingerprint density at radius 1 is 1.35 bits per heavy atom. The van der Waals surface area contributed by atoms with E-state index in [2.05, 4.69) is 19.2 Å². The number of rotatable bonds is 8. The molecule has 0 fully saturated rings. The highest BCUT2D eigenvalue weighted by molar-refractivity contribution is 7.12. The molecule has 0 aliphatic heterocycles. The van der Waals surface area contributed by atoms with Gasteiger partial charge in [-0.2, -0.15) is 0 Å². The van der Waals surface area contributed by atoms with E-state index in [0.717, 1.165) is 12.8 Å². The Kier molecular flexibility index (Phi) is 6.36. The lowest BCUT2D eigenvalue weighted by Gasteiger charge is -2.31. The summed E-state index contributed by atoms with van der Waals surface area (Å²) < 4.78 is 0. The van der Waals surface area contributed by atoms with E-state index in [9.17, 15) is 9.59 Å². The molecule has 1 amide bonds. The van der Waals surface area contributed by atoms with Crippen molar-refractivity contribution in [1.29, 1.82) is 0 Å². The number of hydrogen-bond acceptors (Lipinski definition) is 4. The molecule has 0 saturated heterocycles. The van der Waals surface area contributed by atoms with Gasteiger partial charge in [0.05, 0.1) is 4.88 Å². The number of ketones is 1. The van der Waals surface area contributed by atoms with Crippen LogP contribution in [0.4, 0.5) is 0 Å².